The van der Waals surface area contributed by atoms with Crippen molar-refractivity contribution < 1.29 is 9.59 Å². The molecular formula is C17H21N3O2. The van der Waals surface area contributed by atoms with Gasteiger partial charge in [0.2, 0.25) is 5.91 Å². The number of amides is 2. The van der Waals surface area contributed by atoms with E-state index < -0.39 is 0 Å². The summed E-state index contributed by atoms with van der Waals surface area (Å²) >= 11 is 0. The Morgan fingerprint density at radius 2 is 2.18 bits per heavy atom. The summed E-state index contributed by atoms with van der Waals surface area (Å²) in [4.78, 5) is 29.6. The van der Waals surface area contributed by atoms with Crippen LogP contribution in [0.5, 0.6) is 0 Å². The first kappa shape index (κ1) is 15.9. The Morgan fingerprint density at radius 3 is 2.86 bits per heavy atom. The zero-order valence-corrected chi connectivity index (χ0v) is 12.9. The van der Waals surface area contributed by atoms with E-state index in [4.69, 9.17) is 0 Å². The minimum atomic E-state index is -0.153. The van der Waals surface area contributed by atoms with Gasteiger partial charge in [-0.05, 0) is 19.8 Å². The fourth-order valence-corrected chi connectivity index (χ4v) is 2.41. The van der Waals surface area contributed by atoms with Crippen molar-refractivity contribution in [2.24, 2.45) is 0 Å². The van der Waals surface area contributed by atoms with Crippen molar-refractivity contribution in [3.05, 3.63) is 54.7 Å². The Labute approximate surface area is 130 Å². The third-order valence-corrected chi connectivity index (χ3v) is 3.64. The van der Waals surface area contributed by atoms with Crippen molar-refractivity contribution in [3.63, 3.8) is 0 Å². The van der Waals surface area contributed by atoms with Gasteiger partial charge < -0.3 is 4.57 Å². The van der Waals surface area contributed by atoms with Crippen LogP contribution in [0.3, 0.4) is 0 Å². The summed E-state index contributed by atoms with van der Waals surface area (Å²) in [6.07, 6.45) is 12.4. The maximum atomic E-state index is 12.2. The van der Waals surface area contributed by atoms with E-state index in [1.807, 2.05) is 29.7 Å². The summed E-state index contributed by atoms with van der Waals surface area (Å²) in [5, 5.41) is 0. The third kappa shape index (κ3) is 3.81. The Balaban J connectivity index is 1.87. The lowest BCUT2D eigenvalue weighted by atomic mass is 10.2. The predicted molar refractivity (Wildman–Crippen MR) is 85.0 cm³/mol. The van der Waals surface area contributed by atoms with Crippen LogP contribution >= 0.6 is 0 Å². The van der Waals surface area contributed by atoms with Gasteiger partial charge >= 0.3 is 0 Å². The quantitative estimate of drug-likeness (QED) is 0.441. The van der Waals surface area contributed by atoms with Crippen LogP contribution < -0.4 is 0 Å². The number of imidazole rings is 1. The lowest BCUT2D eigenvalue weighted by molar-refractivity contribution is -0.137. The summed E-state index contributed by atoms with van der Waals surface area (Å²) in [7, 11) is 0. The molecule has 0 atom stereocenters. The maximum Gasteiger partial charge on any atom is 0.256 e. The number of rotatable bonds is 7. The molecule has 1 aromatic heterocycles. The summed E-state index contributed by atoms with van der Waals surface area (Å²) in [5.41, 5.74) is 1.67. The van der Waals surface area contributed by atoms with Crippen molar-refractivity contribution in [2.45, 2.75) is 32.7 Å². The van der Waals surface area contributed by atoms with Gasteiger partial charge in [-0.3, -0.25) is 14.5 Å². The van der Waals surface area contributed by atoms with Crippen molar-refractivity contribution in [1.82, 2.24) is 14.5 Å². The highest BCUT2D eigenvalue weighted by Crippen LogP contribution is 2.19. The van der Waals surface area contributed by atoms with Crippen molar-refractivity contribution in [3.8, 4) is 0 Å². The van der Waals surface area contributed by atoms with Gasteiger partial charge in [0, 0.05) is 30.6 Å². The highest BCUT2D eigenvalue weighted by Gasteiger charge is 2.32. The molecule has 116 valence electrons. The molecule has 0 aliphatic carbocycles. The van der Waals surface area contributed by atoms with E-state index in [0.717, 1.165) is 18.7 Å². The summed E-state index contributed by atoms with van der Waals surface area (Å²) in [5.74, 6) is -0.259. The predicted octanol–water partition coefficient (Wildman–Crippen LogP) is 2.40. The molecule has 0 spiro atoms. The number of aromatic nitrogens is 2. The number of hydrogen-bond donors (Lipinski definition) is 0. The molecular weight excluding hydrogens is 278 g/mol. The second kappa shape index (κ2) is 7.54. The molecule has 0 radical (unpaired) electrons. The monoisotopic (exact) mass is 299 g/mol. The molecule has 2 amide bonds. The number of aryl methyl sites for hydroxylation is 2. The highest BCUT2D eigenvalue weighted by atomic mass is 16.2. The van der Waals surface area contributed by atoms with E-state index in [9.17, 15) is 9.59 Å². The van der Waals surface area contributed by atoms with Gasteiger partial charge in [-0.1, -0.05) is 30.9 Å². The van der Waals surface area contributed by atoms with Gasteiger partial charge in [-0.25, -0.2) is 4.98 Å². The second-order valence-electron chi connectivity index (χ2n) is 5.24. The molecule has 5 nitrogen and oxygen atoms in total. The summed E-state index contributed by atoms with van der Waals surface area (Å²) in [6, 6.07) is 0. The molecule has 1 aliphatic heterocycles. The molecule has 0 aromatic carbocycles. The van der Waals surface area contributed by atoms with E-state index in [1.54, 1.807) is 18.6 Å². The van der Waals surface area contributed by atoms with Gasteiger partial charge in [-0.2, -0.15) is 0 Å². The van der Waals surface area contributed by atoms with Crippen LogP contribution in [0.2, 0.25) is 0 Å². The molecule has 2 rings (SSSR count). The largest absolute Gasteiger partial charge is 0.335 e. The van der Waals surface area contributed by atoms with E-state index >= 15 is 0 Å². The highest BCUT2D eigenvalue weighted by molar-refractivity contribution is 6.13. The fourth-order valence-electron chi connectivity index (χ4n) is 2.41. The lowest BCUT2D eigenvalue weighted by Gasteiger charge is -2.13. The average Bonchev–Trinajstić information content (AvgIpc) is 3.02. The van der Waals surface area contributed by atoms with Crippen LogP contribution in [0, 0.1) is 6.92 Å². The van der Waals surface area contributed by atoms with E-state index in [-0.39, 0.29) is 18.2 Å². The number of carbonyl (C=O) groups excluding carboxylic acids is 2. The zero-order valence-electron chi connectivity index (χ0n) is 12.9. The minimum absolute atomic E-state index is 0.105. The molecule has 0 bridgehead atoms. The fraction of sp³-hybridized carbons (Fsp3) is 0.353. The standard InChI is InChI=1S/C17H21N3O2/c1-3-4-5-6-8-15-11-16(21)20(17(15)22)10-7-9-19-13-18-12-14(19)2/h3-5,8,12-13H,1,6-7,9-11H2,2H3/b5-4-,15-8+. The van der Waals surface area contributed by atoms with Crippen LogP contribution in [0.4, 0.5) is 0 Å². The Bertz CT molecular complexity index is 626. The molecule has 1 saturated heterocycles. The molecule has 22 heavy (non-hydrogen) atoms. The smallest absolute Gasteiger partial charge is 0.256 e. The van der Waals surface area contributed by atoms with E-state index in [0.29, 0.717) is 18.5 Å². The van der Waals surface area contributed by atoms with Gasteiger partial charge in [0.25, 0.3) is 5.91 Å². The maximum absolute atomic E-state index is 12.2. The number of likely N-dealkylation sites (tertiary alicyclic amines) is 1. The van der Waals surface area contributed by atoms with Crippen LogP contribution in [0.1, 0.15) is 25.0 Å². The van der Waals surface area contributed by atoms with E-state index in [2.05, 4.69) is 11.6 Å². The number of allylic oxidation sites excluding steroid dienone is 4. The van der Waals surface area contributed by atoms with Crippen LogP contribution in [-0.2, 0) is 16.1 Å². The number of hydrogen-bond acceptors (Lipinski definition) is 3. The van der Waals surface area contributed by atoms with Gasteiger partial charge in [0.15, 0.2) is 0 Å². The Hall–Kier alpha value is -2.43. The topological polar surface area (TPSA) is 55.2 Å². The van der Waals surface area contributed by atoms with Crippen molar-refractivity contribution in [2.75, 3.05) is 6.54 Å². The molecule has 2 heterocycles. The zero-order chi connectivity index (χ0) is 15.9. The summed E-state index contributed by atoms with van der Waals surface area (Å²) < 4.78 is 2.02. The van der Waals surface area contributed by atoms with Crippen LogP contribution in [-0.4, -0.2) is 32.8 Å². The first-order valence-electron chi connectivity index (χ1n) is 7.41. The Kier molecular flexibility index (Phi) is 5.47. The second-order valence-corrected chi connectivity index (χ2v) is 5.24. The Morgan fingerprint density at radius 1 is 1.36 bits per heavy atom. The lowest BCUT2D eigenvalue weighted by Crippen LogP contribution is -2.31. The molecule has 5 heteroatoms. The van der Waals surface area contributed by atoms with Gasteiger partial charge in [-0.15, -0.1) is 0 Å². The van der Waals surface area contributed by atoms with Crippen molar-refractivity contribution in [1.29, 1.82) is 0 Å². The van der Waals surface area contributed by atoms with Crippen LogP contribution in [0.25, 0.3) is 0 Å². The molecule has 0 N–H and O–H groups in total. The first-order valence-corrected chi connectivity index (χ1v) is 7.41. The minimum Gasteiger partial charge on any atom is -0.335 e. The normalized spacial score (nSPS) is 17.1. The number of carbonyl (C=O) groups is 2. The number of imide groups is 1. The SMILES string of the molecule is C=C/C=C\C/C=C1\CC(=O)N(CCCn2cncc2C)C1=O. The van der Waals surface area contributed by atoms with Gasteiger partial charge in [0.1, 0.15) is 0 Å². The van der Waals surface area contributed by atoms with Crippen LogP contribution in [0.15, 0.2) is 49.0 Å². The van der Waals surface area contributed by atoms with Gasteiger partial charge in [0.05, 0.1) is 12.7 Å². The van der Waals surface area contributed by atoms with E-state index in [1.165, 1.54) is 4.90 Å². The average molecular weight is 299 g/mol. The molecule has 1 fully saturated rings. The third-order valence-electron chi connectivity index (χ3n) is 3.64. The number of nitrogens with zero attached hydrogens (tertiary/aromatic N) is 3. The molecule has 1 aromatic rings. The molecule has 1 aliphatic rings. The summed E-state index contributed by atoms with van der Waals surface area (Å²) in [6.45, 7) is 6.78. The molecule has 0 saturated carbocycles. The van der Waals surface area contributed by atoms with Crippen molar-refractivity contribution >= 4 is 11.8 Å². The molecule has 0 unspecified atom stereocenters. The first-order chi connectivity index (χ1) is 10.6.